The number of hydrogen-bond donors (Lipinski definition) is 0. The maximum atomic E-state index is 12.0. The lowest BCUT2D eigenvalue weighted by Gasteiger charge is -2.10. The van der Waals surface area contributed by atoms with E-state index < -0.39 is 31.3 Å². The van der Waals surface area contributed by atoms with Gasteiger partial charge in [-0.3, -0.25) is 0 Å². The van der Waals surface area contributed by atoms with Crippen LogP contribution >= 0.6 is 33.9 Å². The number of hydrogen-bond acceptors (Lipinski definition) is 3. The smallest absolute Gasteiger partial charge is 0.387 e. The van der Waals surface area contributed by atoms with E-state index in [9.17, 15) is 17.2 Å². The third-order valence-corrected chi connectivity index (χ3v) is 3.62. The fourth-order valence-electron chi connectivity index (χ4n) is 0.905. The first-order chi connectivity index (χ1) is 7.23. The van der Waals surface area contributed by atoms with E-state index in [4.69, 9.17) is 33.9 Å². The van der Waals surface area contributed by atoms with Gasteiger partial charge < -0.3 is 4.74 Å². The van der Waals surface area contributed by atoms with E-state index >= 15 is 0 Å². The molecule has 0 aliphatic carbocycles. The van der Waals surface area contributed by atoms with Gasteiger partial charge in [-0.05, 0) is 12.1 Å². The Kier molecular flexibility index (Phi) is 4.23. The molecule has 0 atom stereocenters. The third-order valence-electron chi connectivity index (χ3n) is 1.48. The van der Waals surface area contributed by atoms with Gasteiger partial charge in [0.1, 0.15) is 9.92 Å². The van der Waals surface area contributed by atoms with E-state index in [0.29, 0.717) is 0 Å². The first-order valence-electron chi connectivity index (χ1n) is 3.61. The van der Waals surface area contributed by atoms with Crippen molar-refractivity contribution in [1.29, 1.82) is 0 Å². The molecule has 0 spiro atoms. The monoisotopic (exact) mass is 310 g/mol. The van der Waals surface area contributed by atoms with Gasteiger partial charge in [-0.1, -0.05) is 23.2 Å². The standard InChI is InChI=1S/C7H3Cl3F2O3S/c8-3-1-2-4(16(10,13)14)6(5(3)9)15-7(11)12/h1-2,7H. The molecule has 0 bridgehead atoms. The Balaban J connectivity index is 3.45. The molecule has 0 heterocycles. The summed E-state index contributed by atoms with van der Waals surface area (Å²) in [4.78, 5) is -0.663. The molecule has 0 saturated heterocycles. The molecule has 1 rings (SSSR count). The zero-order chi connectivity index (χ0) is 12.5. The molecule has 0 N–H and O–H groups in total. The molecule has 3 nitrogen and oxygen atoms in total. The Morgan fingerprint density at radius 1 is 1.25 bits per heavy atom. The SMILES string of the molecule is O=S(=O)(Cl)c1ccc(Cl)c(Cl)c1OC(F)F. The van der Waals surface area contributed by atoms with Gasteiger partial charge in [-0.15, -0.1) is 0 Å². The third kappa shape index (κ3) is 3.10. The molecule has 0 unspecified atom stereocenters. The van der Waals surface area contributed by atoms with Crippen molar-refractivity contribution in [2.24, 2.45) is 0 Å². The van der Waals surface area contributed by atoms with Crippen molar-refractivity contribution in [3.63, 3.8) is 0 Å². The summed E-state index contributed by atoms with van der Waals surface area (Å²) >= 11 is 11.1. The molecule has 16 heavy (non-hydrogen) atoms. The zero-order valence-corrected chi connectivity index (χ0v) is 10.3. The van der Waals surface area contributed by atoms with Gasteiger partial charge in [0.15, 0.2) is 5.75 Å². The summed E-state index contributed by atoms with van der Waals surface area (Å²) in [5.74, 6) is -0.765. The van der Waals surface area contributed by atoms with E-state index in [1.807, 2.05) is 0 Å². The summed E-state index contributed by atoms with van der Waals surface area (Å²) < 4.78 is 50.1. The van der Waals surface area contributed by atoms with Gasteiger partial charge in [-0.2, -0.15) is 8.78 Å². The van der Waals surface area contributed by atoms with E-state index in [-0.39, 0.29) is 5.02 Å². The molecule has 1 aromatic carbocycles. The second kappa shape index (κ2) is 4.91. The van der Waals surface area contributed by atoms with Crippen molar-refractivity contribution in [3.8, 4) is 5.75 Å². The van der Waals surface area contributed by atoms with Gasteiger partial charge >= 0.3 is 6.61 Å². The lowest BCUT2D eigenvalue weighted by Crippen LogP contribution is -2.06. The molecule has 0 aliphatic rings. The van der Waals surface area contributed by atoms with Crippen molar-refractivity contribution in [1.82, 2.24) is 0 Å². The van der Waals surface area contributed by atoms with Crippen molar-refractivity contribution in [3.05, 3.63) is 22.2 Å². The van der Waals surface area contributed by atoms with Gasteiger partial charge in [0.2, 0.25) is 0 Å². The zero-order valence-electron chi connectivity index (χ0n) is 7.25. The minimum atomic E-state index is -4.25. The van der Waals surface area contributed by atoms with Crippen LogP contribution in [0.25, 0.3) is 0 Å². The summed E-state index contributed by atoms with van der Waals surface area (Å²) in [6, 6.07) is 2.03. The van der Waals surface area contributed by atoms with Gasteiger partial charge in [0, 0.05) is 10.7 Å². The summed E-state index contributed by atoms with van der Waals surface area (Å²) in [6.45, 7) is -3.24. The molecular weight excluding hydrogens is 308 g/mol. The number of benzene rings is 1. The summed E-state index contributed by atoms with van der Waals surface area (Å²) in [6.07, 6.45) is 0. The van der Waals surface area contributed by atoms with Crippen molar-refractivity contribution < 1.29 is 21.9 Å². The maximum absolute atomic E-state index is 12.0. The highest BCUT2D eigenvalue weighted by molar-refractivity contribution is 8.13. The Morgan fingerprint density at radius 2 is 1.81 bits per heavy atom. The van der Waals surface area contributed by atoms with Crippen LogP contribution in [-0.4, -0.2) is 15.0 Å². The Bertz CT molecular complexity index is 504. The van der Waals surface area contributed by atoms with Crippen LogP contribution in [0.15, 0.2) is 17.0 Å². The molecule has 0 fully saturated rings. The van der Waals surface area contributed by atoms with Crippen molar-refractivity contribution >= 4 is 42.9 Å². The molecule has 1 aromatic rings. The topological polar surface area (TPSA) is 43.4 Å². The van der Waals surface area contributed by atoms with Crippen LogP contribution in [-0.2, 0) is 9.05 Å². The van der Waals surface area contributed by atoms with Crippen LogP contribution in [0.3, 0.4) is 0 Å². The highest BCUT2D eigenvalue weighted by atomic mass is 35.7. The highest BCUT2D eigenvalue weighted by Crippen LogP contribution is 2.39. The second-order valence-corrected chi connectivity index (χ2v) is 5.82. The molecule has 0 radical (unpaired) electrons. The molecule has 90 valence electrons. The fraction of sp³-hybridized carbons (Fsp3) is 0.143. The summed E-state index contributed by atoms with van der Waals surface area (Å²) in [7, 11) is 0.770. The minimum absolute atomic E-state index is 0.124. The van der Waals surface area contributed by atoms with E-state index in [1.165, 1.54) is 0 Å². The quantitative estimate of drug-likeness (QED) is 0.802. The molecular formula is C7H3Cl3F2O3S. The molecule has 9 heteroatoms. The summed E-state index contributed by atoms with van der Waals surface area (Å²) in [5, 5.41) is -0.565. The van der Waals surface area contributed by atoms with Crippen LogP contribution < -0.4 is 4.74 Å². The largest absolute Gasteiger partial charge is 0.432 e. The Labute approximate surface area is 104 Å². The predicted molar refractivity (Wildman–Crippen MR) is 56.1 cm³/mol. The van der Waals surface area contributed by atoms with Gasteiger partial charge in [0.05, 0.1) is 5.02 Å². The predicted octanol–water partition coefficient (Wildman–Crippen LogP) is 3.52. The first-order valence-corrected chi connectivity index (χ1v) is 6.67. The molecule has 0 aromatic heterocycles. The average Bonchev–Trinajstić information content (AvgIpc) is 2.10. The average molecular weight is 312 g/mol. The van der Waals surface area contributed by atoms with Crippen LogP contribution in [0.5, 0.6) is 5.75 Å². The number of rotatable bonds is 3. The number of halogens is 5. The fourth-order valence-corrected chi connectivity index (χ4v) is 2.29. The molecule has 0 aliphatic heterocycles. The first kappa shape index (κ1) is 13.8. The van der Waals surface area contributed by atoms with Crippen molar-refractivity contribution in [2.45, 2.75) is 11.5 Å². The van der Waals surface area contributed by atoms with Gasteiger partial charge in [0.25, 0.3) is 9.05 Å². The van der Waals surface area contributed by atoms with Gasteiger partial charge in [-0.25, -0.2) is 8.42 Å². The lowest BCUT2D eigenvalue weighted by molar-refractivity contribution is -0.0516. The summed E-state index contributed by atoms with van der Waals surface area (Å²) in [5.41, 5.74) is 0. The van der Waals surface area contributed by atoms with Crippen LogP contribution in [0, 0.1) is 0 Å². The van der Waals surface area contributed by atoms with Crippen LogP contribution in [0.2, 0.25) is 10.0 Å². The maximum Gasteiger partial charge on any atom is 0.387 e. The second-order valence-electron chi connectivity index (χ2n) is 2.50. The lowest BCUT2D eigenvalue weighted by atomic mass is 10.3. The van der Waals surface area contributed by atoms with E-state index in [0.717, 1.165) is 12.1 Å². The van der Waals surface area contributed by atoms with Crippen molar-refractivity contribution in [2.75, 3.05) is 0 Å². The molecule has 0 saturated carbocycles. The normalized spacial score (nSPS) is 11.9. The number of ether oxygens (including phenoxy) is 1. The number of alkyl halides is 2. The van der Waals surface area contributed by atoms with E-state index in [1.54, 1.807) is 0 Å². The molecule has 0 amide bonds. The van der Waals surface area contributed by atoms with Crippen LogP contribution in [0.4, 0.5) is 8.78 Å². The van der Waals surface area contributed by atoms with E-state index in [2.05, 4.69) is 4.74 Å². The van der Waals surface area contributed by atoms with Crippen LogP contribution in [0.1, 0.15) is 0 Å². The highest BCUT2D eigenvalue weighted by Gasteiger charge is 2.23. The Hall–Kier alpha value is -0.300. The Morgan fingerprint density at radius 3 is 2.25 bits per heavy atom. The minimum Gasteiger partial charge on any atom is -0.432 e.